The molecule has 12 heteroatoms. The number of aryl methyl sites for hydroxylation is 1. The van der Waals surface area contributed by atoms with Gasteiger partial charge < -0.3 is 14.9 Å². The van der Waals surface area contributed by atoms with Crippen molar-refractivity contribution >= 4 is 10.1 Å². The number of H-pyrrole nitrogens is 1. The number of benzene rings is 1. The van der Waals surface area contributed by atoms with Crippen molar-refractivity contribution in [2.75, 3.05) is 6.61 Å². The Morgan fingerprint density at radius 1 is 1.30 bits per heavy atom. The molecule has 0 saturated carbocycles. The second-order valence-corrected chi connectivity index (χ2v) is 7.52. The Labute approximate surface area is 152 Å². The minimum absolute atomic E-state index is 0.159. The van der Waals surface area contributed by atoms with Gasteiger partial charge >= 0.3 is 5.69 Å². The molecule has 1 aliphatic heterocycles. The highest BCUT2D eigenvalue weighted by Gasteiger charge is 2.48. The van der Waals surface area contributed by atoms with E-state index in [1.54, 1.807) is 19.1 Å². The zero-order chi connectivity index (χ0) is 19.8. The number of aromatic nitrogens is 3. The van der Waals surface area contributed by atoms with Crippen LogP contribution in [0.25, 0.3) is 0 Å². The van der Waals surface area contributed by atoms with Gasteiger partial charge in [0.25, 0.3) is 15.7 Å². The van der Waals surface area contributed by atoms with Gasteiger partial charge in [-0.1, -0.05) is 17.7 Å². The van der Waals surface area contributed by atoms with Crippen LogP contribution in [0.3, 0.4) is 0 Å². The largest absolute Gasteiger partial charge is 0.394 e. The summed E-state index contributed by atoms with van der Waals surface area (Å²) in [6.45, 7) is 1.13. The first-order valence-electron chi connectivity index (χ1n) is 7.85. The second-order valence-electron chi connectivity index (χ2n) is 5.95. The highest BCUT2D eigenvalue weighted by atomic mass is 32.2. The topological polar surface area (TPSA) is 161 Å². The standard InChI is InChI=1S/C15H17N3O8S/c1-8-2-4-9(5-3-8)27(23,24)26-13-12(21)10(7-19)25-14(13)18-15(22)17-11(20)6-16-18/h2-6,10,12-14,19,21H,7H2,1H3,(H,17,20,22)/t10-,12+,13+,14-/m0/s1. The monoisotopic (exact) mass is 399 g/mol. The van der Waals surface area contributed by atoms with Crippen LogP contribution < -0.4 is 11.2 Å². The van der Waals surface area contributed by atoms with Crippen molar-refractivity contribution in [3.8, 4) is 0 Å². The molecule has 1 saturated heterocycles. The van der Waals surface area contributed by atoms with E-state index in [1.165, 1.54) is 12.1 Å². The van der Waals surface area contributed by atoms with Gasteiger partial charge in [-0.15, -0.1) is 0 Å². The number of ether oxygens (including phenoxy) is 1. The normalized spacial score (nSPS) is 25.6. The van der Waals surface area contributed by atoms with Crippen LogP contribution in [0.1, 0.15) is 11.8 Å². The fraction of sp³-hybridized carbons (Fsp3) is 0.400. The SMILES string of the molecule is Cc1ccc(S(=O)(=O)O[C@@H]2[C@H](O)[C@H](CO)O[C@@H]2n2ncc(=O)[nH]c2=O)cc1. The number of aromatic amines is 1. The third kappa shape index (κ3) is 3.84. The van der Waals surface area contributed by atoms with E-state index in [-0.39, 0.29) is 4.90 Å². The van der Waals surface area contributed by atoms with Gasteiger partial charge in [0.15, 0.2) is 12.3 Å². The maximum Gasteiger partial charge on any atom is 0.347 e. The lowest BCUT2D eigenvalue weighted by Gasteiger charge is -2.20. The molecule has 3 N–H and O–H groups in total. The lowest BCUT2D eigenvalue weighted by Crippen LogP contribution is -2.41. The van der Waals surface area contributed by atoms with Crippen LogP contribution in [-0.4, -0.2) is 58.3 Å². The van der Waals surface area contributed by atoms with E-state index in [0.717, 1.165) is 11.8 Å². The first-order chi connectivity index (χ1) is 12.7. The number of aliphatic hydroxyl groups excluding tert-OH is 2. The summed E-state index contributed by atoms with van der Waals surface area (Å²) in [5, 5.41) is 23.2. The molecule has 0 amide bonds. The minimum Gasteiger partial charge on any atom is -0.394 e. The van der Waals surface area contributed by atoms with Crippen LogP contribution in [0.4, 0.5) is 0 Å². The van der Waals surface area contributed by atoms with Gasteiger partial charge in [0.1, 0.15) is 18.4 Å². The smallest absolute Gasteiger partial charge is 0.347 e. The number of rotatable bonds is 5. The molecule has 0 spiro atoms. The van der Waals surface area contributed by atoms with E-state index in [9.17, 15) is 28.2 Å². The predicted molar refractivity (Wildman–Crippen MR) is 89.4 cm³/mol. The highest BCUT2D eigenvalue weighted by molar-refractivity contribution is 7.86. The molecule has 0 radical (unpaired) electrons. The summed E-state index contributed by atoms with van der Waals surface area (Å²) in [6.07, 6.45) is -5.06. The van der Waals surface area contributed by atoms with Crippen molar-refractivity contribution in [1.29, 1.82) is 0 Å². The Hall–Kier alpha value is -2.38. The molecule has 1 aliphatic rings. The molecule has 2 heterocycles. The Morgan fingerprint density at radius 2 is 1.96 bits per heavy atom. The van der Waals surface area contributed by atoms with Gasteiger partial charge in [-0.2, -0.15) is 18.2 Å². The van der Waals surface area contributed by atoms with Crippen molar-refractivity contribution in [1.82, 2.24) is 14.8 Å². The van der Waals surface area contributed by atoms with Crippen LogP contribution in [0, 0.1) is 6.92 Å². The maximum absolute atomic E-state index is 12.5. The molecule has 0 aliphatic carbocycles. The van der Waals surface area contributed by atoms with E-state index < -0.39 is 52.5 Å². The predicted octanol–water partition coefficient (Wildman–Crippen LogP) is -1.74. The zero-order valence-corrected chi connectivity index (χ0v) is 14.9. The van der Waals surface area contributed by atoms with Crippen molar-refractivity contribution in [2.24, 2.45) is 0 Å². The Morgan fingerprint density at radius 3 is 2.56 bits per heavy atom. The van der Waals surface area contributed by atoms with Crippen molar-refractivity contribution in [2.45, 2.75) is 36.4 Å². The second kappa shape index (κ2) is 7.32. The third-order valence-corrected chi connectivity index (χ3v) is 5.34. The minimum atomic E-state index is -4.32. The third-order valence-electron chi connectivity index (χ3n) is 4.02. The molecule has 4 atom stereocenters. The molecule has 27 heavy (non-hydrogen) atoms. The van der Waals surface area contributed by atoms with Crippen LogP contribution in [0.15, 0.2) is 44.9 Å². The van der Waals surface area contributed by atoms with Gasteiger partial charge in [-0.3, -0.25) is 14.0 Å². The number of nitrogens with zero attached hydrogens (tertiary/aromatic N) is 2. The van der Waals surface area contributed by atoms with E-state index in [1.807, 2.05) is 4.98 Å². The summed E-state index contributed by atoms with van der Waals surface area (Å²) in [5.41, 5.74) is -0.918. The van der Waals surface area contributed by atoms with Crippen molar-refractivity contribution < 1.29 is 27.6 Å². The average Bonchev–Trinajstić information content (AvgIpc) is 2.91. The molecule has 0 bridgehead atoms. The molecule has 3 rings (SSSR count). The molecular weight excluding hydrogens is 382 g/mol. The summed E-state index contributed by atoms with van der Waals surface area (Å²) < 4.78 is 36.2. The lowest BCUT2D eigenvalue weighted by atomic mass is 10.1. The number of aliphatic hydroxyl groups is 2. The number of hydrogen-bond acceptors (Lipinski definition) is 9. The first-order valence-corrected chi connectivity index (χ1v) is 9.26. The van der Waals surface area contributed by atoms with Crippen LogP contribution >= 0.6 is 0 Å². The summed E-state index contributed by atoms with van der Waals surface area (Å²) in [5.74, 6) is 0. The molecule has 0 unspecified atom stereocenters. The first kappa shape index (κ1) is 19.4. The van der Waals surface area contributed by atoms with E-state index in [2.05, 4.69) is 5.10 Å². The Balaban J connectivity index is 1.98. The van der Waals surface area contributed by atoms with Crippen molar-refractivity contribution in [3.05, 3.63) is 56.9 Å². The Bertz CT molecular complexity index is 1030. The quantitative estimate of drug-likeness (QED) is 0.496. The maximum atomic E-state index is 12.5. The van der Waals surface area contributed by atoms with Gasteiger partial charge in [0.05, 0.1) is 11.5 Å². The molecule has 2 aromatic rings. The van der Waals surface area contributed by atoms with Gasteiger partial charge in [-0.25, -0.2) is 4.79 Å². The lowest BCUT2D eigenvalue weighted by molar-refractivity contribution is -0.0582. The molecular formula is C15H17N3O8S. The summed E-state index contributed by atoms with van der Waals surface area (Å²) in [6, 6.07) is 5.80. The number of hydrogen-bond donors (Lipinski definition) is 3. The van der Waals surface area contributed by atoms with Gasteiger partial charge in [-0.05, 0) is 19.1 Å². The van der Waals surface area contributed by atoms with Crippen LogP contribution in [-0.2, 0) is 19.0 Å². The molecule has 1 fully saturated rings. The molecule has 1 aromatic heterocycles. The van der Waals surface area contributed by atoms with Crippen LogP contribution in [0.5, 0.6) is 0 Å². The Kier molecular flexibility index (Phi) is 5.26. The van der Waals surface area contributed by atoms with Gasteiger partial charge in [0.2, 0.25) is 0 Å². The van der Waals surface area contributed by atoms with E-state index in [0.29, 0.717) is 4.68 Å². The van der Waals surface area contributed by atoms with Crippen LogP contribution in [0.2, 0.25) is 0 Å². The van der Waals surface area contributed by atoms with E-state index in [4.69, 9.17) is 8.92 Å². The molecule has 146 valence electrons. The number of nitrogens with one attached hydrogen (secondary N) is 1. The molecule has 1 aromatic carbocycles. The average molecular weight is 399 g/mol. The summed E-state index contributed by atoms with van der Waals surface area (Å²) in [4.78, 5) is 24.9. The fourth-order valence-electron chi connectivity index (χ4n) is 2.62. The summed E-state index contributed by atoms with van der Waals surface area (Å²) in [7, 11) is -4.32. The van der Waals surface area contributed by atoms with Crippen molar-refractivity contribution in [3.63, 3.8) is 0 Å². The highest BCUT2D eigenvalue weighted by Crippen LogP contribution is 2.32. The fourth-order valence-corrected chi connectivity index (χ4v) is 3.70. The van der Waals surface area contributed by atoms with Gasteiger partial charge in [0, 0.05) is 0 Å². The summed E-state index contributed by atoms with van der Waals surface area (Å²) >= 11 is 0. The zero-order valence-electron chi connectivity index (χ0n) is 14.0. The van der Waals surface area contributed by atoms with E-state index >= 15 is 0 Å². The molecule has 11 nitrogen and oxygen atoms in total.